The minimum atomic E-state index is -5.38. The molecule has 0 aliphatic heterocycles. The second-order valence-corrected chi connectivity index (χ2v) is 14.8. The SMILES string of the molecule is CC#CC#CC#CC#CC(=O)OC[C@H](COP(=O)(O)OC1C(O)[C@@H](OP(=O)(O)O)C(O)[C@@H](O)[C@H]1O)OC(=O)CCCCCCCCCCCCCCC.N.[HH].[HH].[HH].[HH].[HH].[HH].[HH]. The Balaban J connectivity index is -0.000000585. The van der Waals surface area contributed by atoms with Crippen molar-refractivity contribution in [3.8, 4) is 47.4 Å². The summed E-state index contributed by atoms with van der Waals surface area (Å²) in [5.74, 6) is 16.9. The number of hydrogen-bond acceptors (Lipinski definition) is 14. The number of esters is 2. The molecule has 0 saturated heterocycles. The van der Waals surface area contributed by atoms with Gasteiger partial charge in [-0.1, -0.05) is 89.9 Å². The van der Waals surface area contributed by atoms with E-state index >= 15 is 0 Å². The van der Waals surface area contributed by atoms with Crippen LogP contribution in [0, 0.1) is 47.4 Å². The van der Waals surface area contributed by atoms with E-state index in [1.54, 1.807) is 6.92 Å². The summed E-state index contributed by atoms with van der Waals surface area (Å²) in [6, 6.07) is 0. The maximum absolute atomic E-state index is 12.8. The van der Waals surface area contributed by atoms with Crippen LogP contribution in [-0.4, -0.2) is 103 Å². The van der Waals surface area contributed by atoms with Gasteiger partial charge in [0.15, 0.2) is 6.10 Å². The van der Waals surface area contributed by atoms with Crippen LogP contribution >= 0.6 is 15.6 Å². The zero-order chi connectivity index (χ0) is 39.7. The Morgan fingerprint density at radius 2 is 1.15 bits per heavy atom. The van der Waals surface area contributed by atoms with E-state index in [9.17, 15) is 44.0 Å². The maximum Gasteiger partial charge on any atom is 0.472 e. The van der Waals surface area contributed by atoms with Crippen LogP contribution in [0.5, 0.6) is 0 Å². The minimum absolute atomic E-state index is 0. The van der Waals surface area contributed by atoms with Gasteiger partial charge in [0.05, 0.1) is 6.61 Å². The molecule has 0 radical (unpaired) electrons. The van der Waals surface area contributed by atoms with Crippen LogP contribution in [0.25, 0.3) is 0 Å². The van der Waals surface area contributed by atoms with Crippen molar-refractivity contribution in [2.24, 2.45) is 0 Å². The summed E-state index contributed by atoms with van der Waals surface area (Å²) in [6.07, 6.45) is -0.866. The van der Waals surface area contributed by atoms with Gasteiger partial charge in [0.1, 0.15) is 43.2 Å². The highest BCUT2D eigenvalue weighted by atomic mass is 31.2. The van der Waals surface area contributed by atoms with Crippen LogP contribution in [0.2, 0.25) is 0 Å². The second kappa shape index (κ2) is 28.6. The van der Waals surface area contributed by atoms with E-state index in [-0.39, 0.29) is 22.6 Å². The number of carbonyl (C=O) groups is 2. The van der Waals surface area contributed by atoms with Crippen LogP contribution in [0.3, 0.4) is 0 Å². The smallest absolute Gasteiger partial charge is 0.456 e. The largest absolute Gasteiger partial charge is 0.472 e. The molecule has 0 amide bonds. The van der Waals surface area contributed by atoms with Gasteiger partial charge in [0.2, 0.25) is 0 Å². The fourth-order valence-electron chi connectivity index (χ4n) is 5.07. The van der Waals surface area contributed by atoms with Crippen molar-refractivity contribution < 1.29 is 86.9 Å². The fraction of sp³-hybridized carbons (Fsp3) is 0.714. The maximum atomic E-state index is 12.8. The van der Waals surface area contributed by atoms with Crippen LogP contribution in [0.4, 0.5) is 0 Å². The summed E-state index contributed by atoms with van der Waals surface area (Å²) in [5.41, 5.74) is 0. The number of unbranched alkanes of at least 4 members (excludes halogenated alkanes) is 12. The van der Waals surface area contributed by atoms with Gasteiger partial charge in [0.25, 0.3) is 0 Å². The number of aliphatic hydroxyl groups excluding tert-OH is 4. The Hall–Kier alpha value is -2.80. The summed E-state index contributed by atoms with van der Waals surface area (Å²) in [4.78, 5) is 53.2. The summed E-state index contributed by atoms with van der Waals surface area (Å²) < 4.78 is 48.3. The van der Waals surface area contributed by atoms with Crippen LogP contribution < -0.4 is 6.15 Å². The molecule has 0 heterocycles. The number of phosphoric acid groups is 2. The van der Waals surface area contributed by atoms with Crippen molar-refractivity contribution in [3.63, 3.8) is 0 Å². The number of rotatable bonds is 24. The third-order valence-corrected chi connectivity index (χ3v) is 9.27. The zero-order valence-corrected chi connectivity index (χ0v) is 32.6. The zero-order valence-electron chi connectivity index (χ0n) is 30.8. The Kier molecular flexibility index (Phi) is 27.1. The van der Waals surface area contributed by atoms with Crippen molar-refractivity contribution in [3.05, 3.63) is 0 Å². The van der Waals surface area contributed by atoms with Crippen molar-refractivity contribution in [2.75, 3.05) is 13.2 Å². The van der Waals surface area contributed by atoms with Crippen LogP contribution in [0.15, 0.2) is 0 Å². The molecule has 1 saturated carbocycles. The molecular formula is C35H69NO16P2. The molecule has 4 unspecified atom stereocenters. The lowest BCUT2D eigenvalue weighted by atomic mass is 9.85. The van der Waals surface area contributed by atoms with Gasteiger partial charge >= 0.3 is 27.6 Å². The first kappa shape index (κ1) is 51.2. The molecule has 17 nitrogen and oxygen atoms in total. The predicted molar refractivity (Wildman–Crippen MR) is 209 cm³/mol. The van der Waals surface area contributed by atoms with Crippen molar-refractivity contribution in [1.29, 1.82) is 0 Å². The van der Waals surface area contributed by atoms with E-state index in [1.165, 1.54) is 44.9 Å². The molecule has 1 aliphatic carbocycles. The molecule has 8 atom stereocenters. The molecule has 0 bridgehead atoms. The minimum Gasteiger partial charge on any atom is -0.456 e. The van der Waals surface area contributed by atoms with E-state index in [2.05, 4.69) is 58.8 Å². The van der Waals surface area contributed by atoms with Gasteiger partial charge in [-0.05, 0) is 48.9 Å². The molecule has 320 valence electrons. The van der Waals surface area contributed by atoms with Gasteiger partial charge in [-0.25, -0.2) is 13.9 Å². The molecular weight excluding hydrogens is 752 g/mol. The standard InChI is InChI=1S/C35H52O16P2.H3N.7H2/c1-3-5-7-9-11-12-13-14-15-16-18-20-22-24-29(37)49-27(25-47-28(36)23-21-19-17-10-8-6-4-2)26-48-53(45,46)51-35-32(40)30(38)31(39)34(33(35)41)50-52(42,43)44;;;;;;;;/h27,30-35,38-41H,3,5,7,9,11-16,18,20,22,24-26H2,1-2H3,(H,45,46)(H2,42,43,44);1H3;7*1H/t27-,30-,31?,32-,33?,34+,35?;;;;;;;;/m1......../s1. The van der Waals surface area contributed by atoms with Gasteiger partial charge in [-0.15, -0.1) is 0 Å². The van der Waals surface area contributed by atoms with Gasteiger partial charge in [-0.2, -0.15) is 0 Å². The van der Waals surface area contributed by atoms with Crippen LogP contribution in [-0.2, 0) is 41.8 Å². The first-order valence-corrected chi connectivity index (χ1v) is 20.5. The topological polar surface area (TPSA) is 291 Å². The fourth-order valence-corrected chi connectivity index (χ4v) is 6.61. The van der Waals surface area contributed by atoms with Crippen molar-refractivity contribution >= 4 is 27.6 Å². The Bertz CT molecular complexity index is 1510. The van der Waals surface area contributed by atoms with Crippen molar-refractivity contribution in [2.45, 2.75) is 146 Å². The molecule has 1 aliphatic rings. The molecule has 19 heteroatoms. The highest BCUT2D eigenvalue weighted by molar-refractivity contribution is 7.47. The first-order valence-electron chi connectivity index (χ1n) is 17.5. The number of hydrogen-bond donors (Lipinski definition) is 8. The molecule has 0 spiro atoms. The third-order valence-electron chi connectivity index (χ3n) is 7.77. The summed E-state index contributed by atoms with van der Waals surface area (Å²) >= 11 is 0. The Morgan fingerprint density at radius 1 is 0.667 bits per heavy atom. The Morgan fingerprint density at radius 3 is 1.67 bits per heavy atom. The lowest BCUT2D eigenvalue weighted by Gasteiger charge is -2.43. The van der Waals surface area contributed by atoms with E-state index in [0.29, 0.717) is 6.42 Å². The summed E-state index contributed by atoms with van der Waals surface area (Å²) in [5, 5.41) is 40.8. The highest BCUT2D eigenvalue weighted by Gasteiger charge is 2.54. The first-order chi connectivity index (χ1) is 25.1. The van der Waals surface area contributed by atoms with E-state index in [4.69, 9.17) is 28.3 Å². The lowest BCUT2D eigenvalue weighted by Crippen LogP contribution is -2.64. The summed E-state index contributed by atoms with van der Waals surface area (Å²) in [7, 11) is -10.7. The Labute approximate surface area is 327 Å². The van der Waals surface area contributed by atoms with E-state index in [1.807, 2.05) is 0 Å². The van der Waals surface area contributed by atoms with Gasteiger partial charge < -0.3 is 50.7 Å². The number of carbonyl (C=O) groups excluding carboxylic acids is 2. The monoisotopic (exact) mass is 821 g/mol. The molecule has 1 rings (SSSR count). The molecule has 0 aromatic rings. The lowest BCUT2D eigenvalue weighted by molar-refractivity contribution is -0.216. The molecule has 10 N–H and O–H groups in total. The van der Waals surface area contributed by atoms with Crippen LogP contribution in [0.1, 0.15) is 114 Å². The average Bonchev–Trinajstić information content (AvgIpc) is 3.10. The molecule has 0 aromatic heterocycles. The number of aliphatic hydroxyl groups is 4. The average molecular weight is 822 g/mol. The number of ether oxygens (including phenoxy) is 2. The van der Waals surface area contributed by atoms with Gasteiger partial charge in [0, 0.05) is 22.3 Å². The van der Waals surface area contributed by atoms with E-state index in [0.717, 1.165) is 32.1 Å². The normalized spacial score (nSPS) is 22.1. The van der Waals surface area contributed by atoms with E-state index < -0.39 is 83.5 Å². The number of phosphoric ester groups is 2. The third kappa shape index (κ3) is 23.2. The van der Waals surface area contributed by atoms with Crippen molar-refractivity contribution in [1.82, 2.24) is 6.15 Å². The summed E-state index contributed by atoms with van der Waals surface area (Å²) in [6.45, 7) is 2.15. The highest BCUT2D eigenvalue weighted by Crippen LogP contribution is 2.49. The molecule has 1 fully saturated rings. The predicted octanol–water partition coefficient (Wildman–Crippen LogP) is 4.28. The molecule has 0 aromatic carbocycles. The quantitative estimate of drug-likeness (QED) is 0.0222. The molecule has 54 heavy (non-hydrogen) atoms. The van der Waals surface area contributed by atoms with Gasteiger partial charge in [-0.3, -0.25) is 18.4 Å². The second-order valence-electron chi connectivity index (χ2n) is 12.2.